The number of aliphatic hydroxyl groups excluding tert-OH is 4. The summed E-state index contributed by atoms with van der Waals surface area (Å²) in [6.45, 7) is -0.534. The Morgan fingerprint density at radius 2 is 1.68 bits per heavy atom. The maximum atomic E-state index is 12.7. The molecule has 0 spiro atoms. The molecule has 4 N–H and O–H groups in total. The van der Waals surface area contributed by atoms with Crippen molar-refractivity contribution >= 4 is 0 Å². The number of hydrogen-bond donors (Lipinski definition) is 4. The van der Waals surface area contributed by atoms with E-state index in [0.717, 1.165) is 0 Å². The molecule has 0 aliphatic carbocycles. The Balaban J connectivity index is 2.08. The molecule has 1 saturated heterocycles. The lowest BCUT2D eigenvalue weighted by Gasteiger charge is -2.39. The van der Waals surface area contributed by atoms with E-state index >= 15 is 0 Å². The summed E-state index contributed by atoms with van der Waals surface area (Å²) in [5.41, 5.74) is 0. The molecule has 1 aliphatic rings. The number of aliphatic hydroxyl groups is 4. The summed E-state index contributed by atoms with van der Waals surface area (Å²) >= 11 is 0. The van der Waals surface area contributed by atoms with Crippen molar-refractivity contribution < 1.29 is 34.3 Å². The Bertz CT molecular complexity index is 409. The molecule has 0 aromatic heterocycles. The Labute approximate surface area is 108 Å². The zero-order valence-electron chi connectivity index (χ0n) is 9.89. The van der Waals surface area contributed by atoms with Crippen molar-refractivity contribution in [2.75, 3.05) is 6.61 Å². The number of rotatable bonds is 3. The van der Waals surface area contributed by atoms with Crippen LogP contribution in [0.2, 0.25) is 0 Å². The minimum Gasteiger partial charge on any atom is -0.462 e. The van der Waals surface area contributed by atoms with Crippen LogP contribution in [0.3, 0.4) is 0 Å². The average Bonchev–Trinajstić information content (AvgIpc) is 2.42. The third-order valence-electron chi connectivity index (χ3n) is 2.91. The van der Waals surface area contributed by atoms with Crippen LogP contribution in [0.5, 0.6) is 5.75 Å². The van der Waals surface area contributed by atoms with Gasteiger partial charge in [0.1, 0.15) is 36.0 Å². The fourth-order valence-corrected chi connectivity index (χ4v) is 1.81. The van der Waals surface area contributed by atoms with E-state index in [2.05, 4.69) is 0 Å². The number of halogens is 1. The van der Waals surface area contributed by atoms with Gasteiger partial charge in [0.2, 0.25) is 6.29 Å². The van der Waals surface area contributed by atoms with E-state index in [4.69, 9.17) is 14.6 Å². The van der Waals surface area contributed by atoms with E-state index < -0.39 is 43.1 Å². The van der Waals surface area contributed by atoms with E-state index in [1.54, 1.807) is 0 Å². The lowest BCUT2D eigenvalue weighted by molar-refractivity contribution is -0.277. The molecule has 106 valence electrons. The molecule has 1 aromatic rings. The van der Waals surface area contributed by atoms with Crippen LogP contribution in [0.25, 0.3) is 0 Å². The van der Waals surface area contributed by atoms with Gasteiger partial charge in [0.05, 0.1) is 6.61 Å². The molecule has 0 radical (unpaired) electrons. The quantitative estimate of drug-likeness (QED) is 0.564. The fraction of sp³-hybridized carbons (Fsp3) is 0.500. The zero-order valence-corrected chi connectivity index (χ0v) is 9.89. The number of benzene rings is 1. The summed E-state index contributed by atoms with van der Waals surface area (Å²) in [4.78, 5) is 0. The van der Waals surface area contributed by atoms with Gasteiger partial charge in [-0.1, -0.05) is 0 Å². The van der Waals surface area contributed by atoms with Crippen molar-refractivity contribution in [2.24, 2.45) is 0 Å². The SMILES string of the molecule is OCC1OC(Oc2ccc(F)cc2)C(O)C(O)C1O. The predicted molar refractivity (Wildman–Crippen MR) is 60.8 cm³/mol. The molecule has 1 fully saturated rings. The van der Waals surface area contributed by atoms with Gasteiger partial charge in [0.15, 0.2) is 0 Å². The van der Waals surface area contributed by atoms with Gasteiger partial charge in [0, 0.05) is 0 Å². The number of hydrogen-bond acceptors (Lipinski definition) is 6. The first-order chi connectivity index (χ1) is 9.02. The van der Waals surface area contributed by atoms with E-state index in [-0.39, 0.29) is 5.75 Å². The van der Waals surface area contributed by atoms with E-state index in [9.17, 15) is 19.7 Å². The highest BCUT2D eigenvalue weighted by atomic mass is 19.1. The van der Waals surface area contributed by atoms with Crippen molar-refractivity contribution in [3.05, 3.63) is 30.1 Å². The van der Waals surface area contributed by atoms with E-state index in [1.807, 2.05) is 0 Å². The highest BCUT2D eigenvalue weighted by Crippen LogP contribution is 2.24. The van der Waals surface area contributed by atoms with Crippen molar-refractivity contribution in [3.8, 4) is 5.75 Å². The molecule has 1 heterocycles. The van der Waals surface area contributed by atoms with Crippen LogP contribution in [0, 0.1) is 5.82 Å². The third-order valence-corrected chi connectivity index (χ3v) is 2.91. The second kappa shape index (κ2) is 5.81. The molecule has 19 heavy (non-hydrogen) atoms. The Morgan fingerprint density at radius 1 is 1.05 bits per heavy atom. The molecule has 0 saturated carbocycles. The number of ether oxygens (including phenoxy) is 2. The minimum absolute atomic E-state index is 0.228. The lowest BCUT2D eigenvalue weighted by Crippen LogP contribution is -2.60. The highest BCUT2D eigenvalue weighted by molar-refractivity contribution is 5.22. The average molecular weight is 274 g/mol. The van der Waals surface area contributed by atoms with Crippen molar-refractivity contribution in [3.63, 3.8) is 0 Å². The van der Waals surface area contributed by atoms with Gasteiger partial charge in [-0.25, -0.2) is 4.39 Å². The molecule has 0 amide bonds. The summed E-state index contributed by atoms with van der Waals surface area (Å²) < 4.78 is 23.1. The molecule has 5 unspecified atom stereocenters. The van der Waals surface area contributed by atoms with Crippen molar-refractivity contribution in [1.29, 1.82) is 0 Å². The lowest BCUT2D eigenvalue weighted by atomic mass is 9.99. The Kier molecular flexibility index (Phi) is 4.33. The second-order valence-electron chi connectivity index (χ2n) is 4.27. The van der Waals surface area contributed by atoms with Gasteiger partial charge < -0.3 is 29.9 Å². The van der Waals surface area contributed by atoms with Gasteiger partial charge in [-0.15, -0.1) is 0 Å². The summed E-state index contributed by atoms with van der Waals surface area (Å²) in [5.74, 6) is -0.216. The maximum absolute atomic E-state index is 12.7. The van der Waals surface area contributed by atoms with Crippen LogP contribution < -0.4 is 4.74 Å². The normalized spacial score (nSPS) is 35.1. The van der Waals surface area contributed by atoms with Crippen LogP contribution in [0.1, 0.15) is 0 Å². The molecular weight excluding hydrogens is 259 g/mol. The van der Waals surface area contributed by atoms with Crippen LogP contribution in [-0.4, -0.2) is 57.7 Å². The maximum Gasteiger partial charge on any atom is 0.229 e. The second-order valence-corrected chi connectivity index (χ2v) is 4.27. The van der Waals surface area contributed by atoms with Gasteiger partial charge in [-0.2, -0.15) is 0 Å². The first-order valence-corrected chi connectivity index (χ1v) is 5.75. The smallest absolute Gasteiger partial charge is 0.229 e. The monoisotopic (exact) mass is 274 g/mol. The van der Waals surface area contributed by atoms with Gasteiger partial charge in [-0.3, -0.25) is 0 Å². The van der Waals surface area contributed by atoms with Gasteiger partial charge in [-0.05, 0) is 24.3 Å². The summed E-state index contributed by atoms with van der Waals surface area (Å²) in [6, 6.07) is 4.99. The molecule has 5 atom stereocenters. The van der Waals surface area contributed by atoms with Gasteiger partial charge >= 0.3 is 0 Å². The van der Waals surface area contributed by atoms with Crippen LogP contribution in [0.15, 0.2) is 24.3 Å². The zero-order chi connectivity index (χ0) is 14.0. The first-order valence-electron chi connectivity index (χ1n) is 5.75. The molecule has 6 nitrogen and oxygen atoms in total. The van der Waals surface area contributed by atoms with E-state index in [1.165, 1.54) is 24.3 Å². The fourth-order valence-electron chi connectivity index (χ4n) is 1.81. The molecule has 1 aliphatic heterocycles. The molecule has 2 rings (SSSR count). The minimum atomic E-state index is -1.50. The Hall–Kier alpha value is -1.25. The third kappa shape index (κ3) is 3.02. The molecular formula is C12H15FO6. The van der Waals surface area contributed by atoms with Crippen molar-refractivity contribution in [1.82, 2.24) is 0 Å². The topological polar surface area (TPSA) is 99.4 Å². The highest BCUT2D eigenvalue weighted by Gasteiger charge is 2.44. The standard InChI is InChI=1S/C12H15FO6/c13-6-1-3-7(4-2-6)18-12-11(17)10(16)9(15)8(5-14)19-12/h1-4,8-12,14-17H,5H2. The summed E-state index contributed by atoms with van der Waals surface area (Å²) in [6.07, 6.45) is -6.72. The summed E-state index contributed by atoms with van der Waals surface area (Å²) in [5, 5.41) is 37.9. The largest absolute Gasteiger partial charge is 0.462 e. The van der Waals surface area contributed by atoms with Crippen molar-refractivity contribution in [2.45, 2.75) is 30.7 Å². The molecule has 0 bridgehead atoms. The summed E-state index contributed by atoms with van der Waals surface area (Å²) in [7, 11) is 0. The van der Waals surface area contributed by atoms with E-state index in [0.29, 0.717) is 0 Å². The first kappa shape index (κ1) is 14.2. The predicted octanol–water partition coefficient (Wildman–Crippen LogP) is -0.996. The van der Waals surface area contributed by atoms with Crippen LogP contribution >= 0.6 is 0 Å². The van der Waals surface area contributed by atoms with Crippen LogP contribution in [-0.2, 0) is 4.74 Å². The van der Waals surface area contributed by atoms with Gasteiger partial charge in [0.25, 0.3) is 0 Å². The molecule has 1 aromatic carbocycles. The van der Waals surface area contributed by atoms with Crippen LogP contribution in [0.4, 0.5) is 4.39 Å². The Morgan fingerprint density at radius 3 is 2.26 bits per heavy atom. The molecule has 7 heteroatoms.